The Morgan fingerprint density at radius 1 is 1.50 bits per heavy atom. The summed E-state index contributed by atoms with van der Waals surface area (Å²) >= 11 is 0. The van der Waals surface area contributed by atoms with Gasteiger partial charge in [-0.05, 0) is 6.92 Å². The van der Waals surface area contributed by atoms with Gasteiger partial charge in [-0.2, -0.15) is 0 Å². The Morgan fingerprint density at radius 2 is 1.50 bits per heavy atom. The molecule has 1 nitrogen and oxygen atoms in total. The standard InChI is InChI=1S/C3H5.H3N/c1-3-2;/h3H,1-2H2;1H3. The molecule has 0 fully saturated rings. The molecule has 0 aromatic carbocycles. The maximum atomic E-state index is 3.25. The first-order chi connectivity index (χ1) is 1.41. The number of hydrogen-bond acceptors (Lipinski definition) is 1. The normalized spacial score (nSPS) is 3.25. The van der Waals surface area contributed by atoms with Crippen LogP contribution in [0.15, 0.2) is 12.7 Å². The van der Waals surface area contributed by atoms with Crippen LogP contribution < -0.4 is 6.15 Å². The van der Waals surface area contributed by atoms with E-state index in [1.165, 1.54) is 6.08 Å². The van der Waals surface area contributed by atoms with Crippen molar-refractivity contribution >= 4 is 0 Å². The van der Waals surface area contributed by atoms with Crippen molar-refractivity contribution in [2.24, 2.45) is 0 Å². The minimum absolute atomic E-state index is 0. The Hall–Kier alpha value is -0.300. The van der Waals surface area contributed by atoms with E-state index < -0.39 is 0 Å². The molecule has 0 aromatic heterocycles. The highest BCUT2D eigenvalue weighted by molar-refractivity contribution is 4.66. The van der Waals surface area contributed by atoms with Crippen molar-refractivity contribution in [3.8, 4) is 0 Å². The summed E-state index contributed by atoms with van der Waals surface area (Å²) in [6.07, 6.45) is 1.50. The van der Waals surface area contributed by atoms with Crippen LogP contribution in [0.2, 0.25) is 0 Å². The van der Waals surface area contributed by atoms with Crippen molar-refractivity contribution in [1.29, 1.82) is 0 Å². The molecule has 0 aliphatic rings. The maximum Gasteiger partial charge on any atom is -0.0319 e. The molecule has 0 rings (SSSR count). The van der Waals surface area contributed by atoms with Gasteiger partial charge in [-0.3, -0.25) is 0 Å². The van der Waals surface area contributed by atoms with E-state index in [9.17, 15) is 0 Å². The van der Waals surface area contributed by atoms with Gasteiger partial charge in [0.1, 0.15) is 0 Å². The smallest absolute Gasteiger partial charge is 0.0319 e. The second-order valence-corrected chi connectivity index (χ2v) is 0.289. The third-order valence-electron chi connectivity index (χ3n) is 0. The molecule has 0 bridgehead atoms. The van der Waals surface area contributed by atoms with E-state index in [1.807, 2.05) is 0 Å². The second-order valence-electron chi connectivity index (χ2n) is 0.289. The van der Waals surface area contributed by atoms with E-state index in [0.29, 0.717) is 0 Å². The minimum atomic E-state index is 0. The van der Waals surface area contributed by atoms with E-state index in [1.54, 1.807) is 0 Å². The van der Waals surface area contributed by atoms with Crippen molar-refractivity contribution in [3.05, 3.63) is 19.6 Å². The quantitative estimate of drug-likeness (QED) is 0.445. The van der Waals surface area contributed by atoms with Gasteiger partial charge >= 0.3 is 0 Å². The summed E-state index contributed by atoms with van der Waals surface area (Å²) in [5.74, 6) is 0. The van der Waals surface area contributed by atoms with E-state index in [4.69, 9.17) is 0 Å². The fourth-order valence-corrected chi connectivity index (χ4v) is 0. The van der Waals surface area contributed by atoms with Crippen molar-refractivity contribution in [2.45, 2.75) is 0 Å². The molecule has 0 amide bonds. The van der Waals surface area contributed by atoms with Crippen LogP contribution in [0.5, 0.6) is 0 Å². The largest absolute Gasteiger partial charge is 0.344 e. The van der Waals surface area contributed by atoms with Gasteiger partial charge in [-0.25, -0.2) is 0 Å². The molecule has 3 N–H and O–H groups in total. The number of rotatable bonds is 0. The van der Waals surface area contributed by atoms with E-state index in [2.05, 4.69) is 13.5 Å². The first-order valence-electron chi connectivity index (χ1n) is 0.816. The van der Waals surface area contributed by atoms with Crippen LogP contribution >= 0.6 is 0 Å². The van der Waals surface area contributed by atoms with E-state index in [-0.39, 0.29) is 6.15 Å². The Balaban J connectivity index is 0. The predicted molar refractivity (Wildman–Crippen MR) is 20.6 cm³/mol. The van der Waals surface area contributed by atoms with Crippen molar-refractivity contribution in [2.75, 3.05) is 0 Å². The molecule has 0 unspecified atom stereocenters. The minimum Gasteiger partial charge on any atom is -0.344 e. The SMILES string of the molecule is N.[CH2]C=C. The van der Waals surface area contributed by atoms with E-state index in [0.717, 1.165) is 0 Å². The lowest BCUT2D eigenvalue weighted by Crippen LogP contribution is -1.09. The number of hydrogen-bond donors (Lipinski definition) is 1. The van der Waals surface area contributed by atoms with Crippen LogP contribution in [0.25, 0.3) is 0 Å². The van der Waals surface area contributed by atoms with Crippen LogP contribution in [-0.2, 0) is 0 Å². The average molecular weight is 58.1 g/mol. The molecule has 1 heteroatoms. The molecule has 1 radical (unpaired) electrons. The highest BCUT2D eigenvalue weighted by Crippen LogP contribution is 1.36. The molecule has 0 saturated heterocycles. The third kappa shape index (κ3) is 9.26. The summed E-state index contributed by atoms with van der Waals surface area (Å²) in [5, 5.41) is 0. The molecular formula is C3H8N. The lowest BCUT2D eigenvalue weighted by molar-refractivity contribution is 2.13. The molecule has 0 spiro atoms. The van der Waals surface area contributed by atoms with Crippen molar-refractivity contribution in [1.82, 2.24) is 6.15 Å². The Labute approximate surface area is 26.9 Å². The van der Waals surface area contributed by atoms with Crippen molar-refractivity contribution < 1.29 is 0 Å². The topological polar surface area (TPSA) is 35.0 Å². The van der Waals surface area contributed by atoms with Crippen LogP contribution in [0.4, 0.5) is 0 Å². The van der Waals surface area contributed by atoms with Crippen LogP contribution in [0.1, 0.15) is 0 Å². The van der Waals surface area contributed by atoms with Gasteiger partial charge < -0.3 is 6.15 Å². The summed E-state index contributed by atoms with van der Waals surface area (Å²) < 4.78 is 0. The zero-order valence-electron chi connectivity index (χ0n) is 2.70. The van der Waals surface area contributed by atoms with Gasteiger partial charge in [0, 0.05) is 0 Å². The van der Waals surface area contributed by atoms with E-state index >= 15 is 0 Å². The average Bonchev–Trinajstić information content (AvgIpc) is 0.918. The number of allylic oxidation sites excluding steroid dienone is 1. The first-order valence-corrected chi connectivity index (χ1v) is 0.816. The fraction of sp³-hybridized carbons (Fsp3) is 0. The van der Waals surface area contributed by atoms with Crippen molar-refractivity contribution in [3.63, 3.8) is 0 Å². The highest BCUT2D eigenvalue weighted by atomic mass is 14.0. The maximum absolute atomic E-state index is 3.25. The fourth-order valence-electron chi connectivity index (χ4n) is 0. The Bertz CT molecular complexity index is 10.8. The Kier molecular flexibility index (Phi) is 37.2. The zero-order valence-corrected chi connectivity index (χ0v) is 2.70. The molecule has 0 heterocycles. The van der Waals surface area contributed by atoms with Crippen LogP contribution in [0.3, 0.4) is 0 Å². The van der Waals surface area contributed by atoms with Gasteiger partial charge in [0.05, 0.1) is 0 Å². The molecule has 0 aromatic rings. The summed E-state index contributed by atoms with van der Waals surface area (Å²) in [6, 6.07) is 0. The van der Waals surface area contributed by atoms with Crippen LogP contribution in [0, 0.1) is 6.92 Å². The van der Waals surface area contributed by atoms with Gasteiger partial charge in [0.2, 0.25) is 0 Å². The lowest BCUT2D eigenvalue weighted by Gasteiger charge is -1.30. The van der Waals surface area contributed by atoms with Gasteiger partial charge in [0.15, 0.2) is 0 Å². The third-order valence-corrected chi connectivity index (χ3v) is 0. The predicted octanol–water partition coefficient (Wildman–Crippen LogP) is 1.17. The van der Waals surface area contributed by atoms with Gasteiger partial charge in [0.25, 0.3) is 0 Å². The van der Waals surface area contributed by atoms with Crippen LogP contribution in [-0.4, -0.2) is 0 Å². The molecule has 0 aliphatic heterocycles. The molecule has 25 valence electrons. The molecule has 0 atom stereocenters. The molecule has 0 aliphatic carbocycles. The second kappa shape index (κ2) is 15.9. The summed E-state index contributed by atoms with van der Waals surface area (Å²) in [5.41, 5.74) is 0. The first kappa shape index (κ1) is 9.33. The molecule has 4 heavy (non-hydrogen) atoms. The molecular weight excluding hydrogens is 50.0 g/mol. The Morgan fingerprint density at radius 3 is 1.50 bits per heavy atom. The van der Waals surface area contributed by atoms with Gasteiger partial charge in [-0.1, -0.05) is 6.08 Å². The highest BCUT2D eigenvalue weighted by Gasteiger charge is 1.15. The lowest BCUT2D eigenvalue weighted by atomic mass is 10.8. The molecule has 0 saturated carbocycles. The zero-order chi connectivity index (χ0) is 2.71. The summed E-state index contributed by atoms with van der Waals surface area (Å²) in [6.45, 7) is 6.50. The summed E-state index contributed by atoms with van der Waals surface area (Å²) in [7, 11) is 0. The van der Waals surface area contributed by atoms with Gasteiger partial charge in [-0.15, -0.1) is 6.58 Å². The summed E-state index contributed by atoms with van der Waals surface area (Å²) in [4.78, 5) is 0. The monoisotopic (exact) mass is 58.1 g/mol.